The first-order valence-electron chi connectivity index (χ1n) is 5.24. The average Bonchev–Trinajstić information content (AvgIpc) is 2.01. The second-order valence-electron chi connectivity index (χ2n) is 5.34. The van der Waals surface area contributed by atoms with Gasteiger partial charge in [0.15, 0.2) is 0 Å². The molecule has 0 aromatic rings. The molecular weight excluding hydrogens is 176 g/mol. The molecule has 2 unspecified atom stereocenters. The molecule has 2 nitrogen and oxygen atoms in total. The molecular formula is C12H20O2. The van der Waals surface area contributed by atoms with Gasteiger partial charge in [-0.25, -0.2) is 0 Å². The van der Waals surface area contributed by atoms with Gasteiger partial charge >= 0.3 is 5.97 Å². The number of carboxylic acid groups (broad SMARTS) is 1. The molecule has 2 heteroatoms. The van der Waals surface area contributed by atoms with Gasteiger partial charge in [-0.3, -0.25) is 4.79 Å². The maximum atomic E-state index is 10.9. The van der Waals surface area contributed by atoms with Gasteiger partial charge in [0, 0.05) is 0 Å². The lowest BCUT2D eigenvalue weighted by molar-refractivity contribution is -0.143. The highest BCUT2D eigenvalue weighted by Crippen LogP contribution is 2.38. The van der Waals surface area contributed by atoms with Gasteiger partial charge in [0.25, 0.3) is 0 Å². The van der Waals surface area contributed by atoms with Gasteiger partial charge < -0.3 is 5.11 Å². The molecule has 0 bridgehead atoms. The van der Waals surface area contributed by atoms with Crippen LogP contribution in [0.3, 0.4) is 0 Å². The number of rotatable bonds is 1. The SMILES string of the molecule is CC1CC(C(C)(C)C)=CCC1C(=O)O. The quantitative estimate of drug-likeness (QED) is 0.654. The molecule has 0 fully saturated rings. The maximum absolute atomic E-state index is 10.9. The zero-order valence-corrected chi connectivity index (χ0v) is 9.50. The van der Waals surface area contributed by atoms with E-state index in [9.17, 15) is 4.79 Å². The Kier molecular flexibility index (Phi) is 3.03. The standard InChI is InChI=1S/C12H20O2/c1-8-7-9(12(2,3)4)5-6-10(8)11(13)14/h5,8,10H,6-7H2,1-4H3,(H,13,14). The summed E-state index contributed by atoms with van der Waals surface area (Å²) in [6.07, 6.45) is 3.75. The third kappa shape index (κ3) is 2.37. The van der Waals surface area contributed by atoms with E-state index in [4.69, 9.17) is 5.11 Å². The first kappa shape index (κ1) is 11.3. The van der Waals surface area contributed by atoms with Crippen molar-refractivity contribution in [2.75, 3.05) is 0 Å². The summed E-state index contributed by atoms with van der Waals surface area (Å²) < 4.78 is 0. The van der Waals surface area contributed by atoms with Gasteiger partial charge in [-0.1, -0.05) is 39.3 Å². The van der Waals surface area contributed by atoms with Crippen LogP contribution < -0.4 is 0 Å². The Morgan fingerprint density at radius 1 is 1.50 bits per heavy atom. The van der Waals surface area contributed by atoms with Crippen LogP contribution in [0, 0.1) is 17.3 Å². The van der Waals surface area contributed by atoms with Crippen LogP contribution in [0.1, 0.15) is 40.5 Å². The maximum Gasteiger partial charge on any atom is 0.307 e. The molecule has 1 aliphatic carbocycles. The van der Waals surface area contributed by atoms with E-state index in [0.717, 1.165) is 6.42 Å². The van der Waals surface area contributed by atoms with Crippen molar-refractivity contribution < 1.29 is 9.90 Å². The van der Waals surface area contributed by atoms with Crippen LogP contribution in [0.2, 0.25) is 0 Å². The summed E-state index contributed by atoms with van der Waals surface area (Å²) in [6.45, 7) is 8.60. The average molecular weight is 196 g/mol. The fourth-order valence-electron chi connectivity index (χ4n) is 2.03. The van der Waals surface area contributed by atoms with Gasteiger partial charge in [0.1, 0.15) is 0 Å². The minimum atomic E-state index is -0.651. The lowest BCUT2D eigenvalue weighted by Gasteiger charge is -2.32. The normalized spacial score (nSPS) is 28.4. The fourth-order valence-corrected chi connectivity index (χ4v) is 2.03. The third-order valence-corrected chi connectivity index (χ3v) is 3.13. The Hall–Kier alpha value is -0.790. The largest absolute Gasteiger partial charge is 0.481 e. The molecule has 14 heavy (non-hydrogen) atoms. The zero-order valence-electron chi connectivity index (χ0n) is 9.50. The Morgan fingerprint density at radius 3 is 2.43 bits per heavy atom. The van der Waals surface area contributed by atoms with Crippen molar-refractivity contribution >= 4 is 5.97 Å². The second kappa shape index (κ2) is 3.76. The number of carboxylic acids is 1. The van der Waals surface area contributed by atoms with Crippen molar-refractivity contribution in [2.45, 2.75) is 40.5 Å². The predicted octanol–water partition coefficient (Wildman–Crippen LogP) is 3.09. The number of aliphatic carboxylic acids is 1. The molecule has 0 aromatic carbocycles. The minimum absolute atomic E-state index is 0.180. The summed E-state index contributed by atoms with van der Waals surface area (Å²) in [7, 11) is 0. The van der Waals surface area contributed by atoms with Crippen molar-refractivity contribution in [3.05, 3.63) is 11.6 Å². The molecule has 0 aromatic heterocycles. The summed E-state index contributed by atoms with van der Waals surface area (Å²) in [6, 6.07) is 0. The summed E-state index contributed by atoms with van der Waals surface area (Å²) in [5, 5.41) is 8.97. The monoisotopic (exact) mass is 196 g/mol. The molecule has 0 saturated carbocycles. The molecule has 0 amide bonds. The molecule has 80 valence electrons. The molecule has 0 spiro atoms. The van der Waals surface area contributed by atoms with E-state index in [1.165, 1.54) is 5.57 Å². The third-order valence-electron chi connectivity index (χ3n) is 3.13. The predicted molar refractivity (Wildman–Crippen MR) is 57.1 cm³/mol. The van der Waals surface area contributed by atoms with Crippen molar-refractivity contribution in [1.82, 2.24) is 0 Å². The molecule has 0 radical (unpaired) electrons. The van der Waals surface area contributed by atoms with Crippen molar-refractivity contribution in [1.29, 1.82) is 0 Å². The summed E-state index contributed by atoms with van der Waals surface area (Å²) in [4.78, 5) is 10.9. The highest BCUT2D eigenvalue weighted by Gasteiger charge is 2.31. The van der Waals surface area contributed by atoms with Crippen molar-refractivity contribution in [3.8, 4) is 0 Å². The zero-order chi connectivity index (χ0) is 10.9. The van der Waals surface area contributed by atoms with E-state index < -0.39 is 5.97 Å². The van der Waals surface area contributed by atoms with Crippen LogP contribution >= 0.6 is 0 Å². The molecule has 0 saturated heterocycles. The van der Waals surface area contributed by atoms with Gasteiger partial charge in [0.2, 0.25) is 0 Å². The van der Waals surface area contributed by atoms with E-state index in [1.54, 1.807) is 0 Å². The molecule has 0 heterocycles. The van der Waals surface area contributed by atoms with Gasteiger partial charge in [-0.05, 0) is 24.2 Å². The van der Waals surface area contributed by atoms with Gasteiger partial charge in [-0.15, -0.1) is 0 Å². The number of allylic oxidation sites excluding steroid dienone is 2. The Bertz CT molecular complexity index is 258. The molecule has 1 rings (SSSR count). The molecule has 1 aliphatic rings. The second-order valence-corrected chi connectivity index (χ2v) is 5.34. The number of carbonyl (C=O) groups is 1. The van der Waals surface area contributed by atoms with Crippen LogP contribution in [0.25, 0.3) is 0 Å². The summed E-state index contributed by atoms with van der Waals surface area (Å²) in [5.74, 6) is -0.561. The molecule has 2 atom stereocenters. The Balaban J connectivity index is 2.78. The number of hydrogen-bond acceptors (Lipinski definition) is 1. The van der Waals surface area contributed by atoms with Crippen molar-refractivity contribution in [3.63, 3.8) is 0 Å². The van der Waals surface area contributed by atoms with Gasteiger partial charge in [-0.2, -0.15) is 0 Å². The lowest BCUT2D eigenvalue weighted by Crippen LogP contribution is -2.27. The lowest BCUT2D eigenvalue weighted by atomic mass is 9.73. The van der Waals surface area contributed by atoms with Gasteiger partial charge in [0.05, 0.1) is 5.92 Å². The highest BCUT2D eigenvalue weighted by atomic mass is 16.4. The van der Waals surface area contributed by atoms with Crippen LogP contribution in [-0.4, -0.2) is 11.1 Å². The smallest absolute Gasteiger partial charge is 0.307 e. The van der Waals surface area contributed by atoms with Crippen LogP contribution in [0.5, 0.6) is 0 Å². The van der Waals surface area contributed by atoms with E-state index >= 15 is 0 Å². The van der Waals surface area contributed by atoms with Crippen molar-refractivity contribution in [2.24, 2.45) is 17.3 Å². The molecule has 1 N–H and O–H groups in total. The van der Waals surface area contributed by atoms with E-state index in [2.05, 4.69) is 26.8 Å². The minimum Gasteiger partial charge on any atom is -0.481 e. The topological polar surface area (TPSA) is 37.3 Å². The Morgan fingerprint density at radius 2 is 2.07 bits per heavy atom. The summed E-state index contributed by atoms with van der Waals surface area (Å²) in [5.41, 5.74) is 1.60. The van der Waals surface area contributed by atoms with Crippen LogP contribution in [0.4, 0.5) is 0 Å². The van der Waals surface area contributed by atoms with Crippen LogP contribution in [-0.2, 0) is 4.79 Å². The van der Waals surface area contributed by atoms with Crippen LogP contribution in [0.15, 0.2) is 11.6 Å². The first-order valence-corrected chi connectivity index (χ1v) is 5.24. The van der Waals surface area contributed by atoms with E-state index in [-0.39, 0.29) is 17.3 Å². The number of hydrogen-bond donors (Lipinski definition) is 1. The molecule has 0 aliphatic heterocycles. The highest BCUT2D eigenvalue weighted by molar-refractivity contribution is 5.71. The first-order chi connectivity index (χ1) is 6.32. The Labute approximate surface area is 86.0 Å². The van der Waals surface area contributed by atoms with E-state index in [0.29, 0.717) is 6.42 Å². The fraction of sp³-hybridized carbons (Fsp3) is 0.750. The van der Waals surface area contributed by atoms with E-state index in [1.807, 2.05) is 6.92 Å². The summed E-state index contributed by atoms with van der Waals surface area (Å²) >= 11 is 0.